The summed E-state index contributed by atoms with van der Waals surface area (Å²) in [7, 11) is 1.73. The van der Waals surface area contributed by atoms with E-state index in [1.807, 2.05) is 32.6 Å². The Labute approximate surface area is 193 Å². The molecule has 180 valence electrons. The van der Waals surface area contributed by atoms with E-state index >= 15 is 0 Å². The Kier molecular flexibility index (Phi) is 6.47. The molecule has 1 fully saturated rings. The molecule has 10 heteroatoms. The van der Waals surface area contributed by atoms with E-state index in [1.165, 1.54) is 4.52 Å². The largest absolute Gasteiger partial charge is 0.444 e. The van der Waals surface area contributed by atoms with Crippen LogP contribution < -0.4 is 10.5 Å². The number of amides is 1. The molecule has 2 aliphatic rings. The number of nitrogens with one attached hydrogen (secondary N) is 1. The molecule has 3 heterocycles. The second-order valence-corrected chi connectivity index (χ2v) is 9.60. The van der Waals surface area contributed by atoms with E-state index in [0.717, 1.165) is 30.5 Å². The molecule has 0 saturated carbocycles. The van der Waals surface area contributed by atoms with Crippen LogP contribution in [0.2, 0.25) is 0 Å². The van der Waals surface area contributed by atoms with Crippen LogP contribution >= 0.6 is 0 Å². The predicted molar refractivity (Wildman–Crippen MR) is 126 cm³/mol. The minimum atomic E-state index is -0.533. The number of methoxy groups -OCH3 is 1. The summed E-state index contributed by atoms with van der Waals surface area (Å²) >= 11 is 0. The third kappa shape index (κ3) is 4.90. The highest BCUT2D eigenvalue weighted by molar-refractivity contribution is 5.69. The lowest BCUT2D eigenvalue weighted by Crippen LogP contribution is -2.51. The van der Waals surface area contributed by atoms with Crippen LogP contribution in [0.1, 0.15) is 58.5 Å². The average molecular weight is 459 g/mol. The van der Waals surface area contributed by atoms with Crippen molar-refractivity contribution in [2.45, 2.75) is 65.1 Å². The van der Waals surface area contributed by atoms with Crippen LogP contribution in [0.25, 0.3) is 11.4 Å². The maximum absolute atomic E-state index is 13.5. The number of fused-ring (bicyclic) bond motifs is 1. The van der Waals surface area contributed by atoms with Crippen LogP contribution in [0.15, 0.2) is 10.9 Å². The fourth-order valence-corrected chi connectivity index (χ4v) is 4.34. The molecule has 1 N–H and O–H groups in total. The molecule has 0 unspecified atom stereocenters. The molecule has 4 rings (SSSR count). The number of ether oxygens (including phenoxy) is 2. The van der Waals surface area contributed by atoms with Crippen LogP contribution in [-0.4, -0.2) is 75.6 Å². The van der Waals surface area contributed by atoms with Crippen molar-refractivity contribution in [3.63, 3.8) is 0 Å². The number of anilines is 1. The molecular formula is C23H34N6O4. The highest BCUT2D eigenvalue weighted by Gasteiger charge is 2.29. The molecule has 0 radical (unpaired) electrons. The van der Waals surface area contributed by atoms with Gasteiger partial charge in [-0.05, 0) is 52.0 Å². The van der Waals surface area contributed by atoms with Gasteiger partial charge < -0.3 is 24.3 Å². The van der Waals surface area contributed by atoms with Gasteiger partial charge in [-0.15, -0.1) is 5.10 Å². The Bertz CT molecular complexity index is 1100. The molecule has 1 aliphatic carbocycles. The Morgan fingerprint density at radius 3 is 2.55 bits per heavy atom. The lowest BCUT2D eigenvalue weighted by molar-refractivity contribution is 0.0240. The Hall–Kier alpha value is -2.88. The van der Waals surface area contributed by atoms with E-state index in [-0.39, 0.29) is 17.8 Å². The second kappa shape index (κ2) is 9.17. The topological polar surface area (TPSA) is 105 Å². The zero-order chi connectivity index (χ0) is 23.8. The lowest BCUT2D eigenvalue weighted by atomic mass is 9.97. The molecule has 1 saturated heterocycles. The molecule has 0 bridgehead atoms. The molecule has 10 nitrogen and oxygen atoms in total. The molecule has 1 amide bonds. The minimum absolute atomic E-state index is 0.184. The van der Waals surface area contributed by atoms with Gasteiger partial charge in [-0.2, -0.15) is 9.50 Å². The first kappa shape index (κ1) is 23.3. The van der Waals surface area contributed by atoms with Gasteiger partial charge in [0.1, 0.15) is 11.3 Å². The highest BCUT2D eigenvalue weighted by atomic mass is 16.6. The smallest absolute Gasteiger partial charge is 0.410 e. The average Bonchev–Trinajstić information content (AvgIpc) is 3.22. The number of carbonyl (C=O) groups excluding carboxylic acids is 1. The van der Waals surface area contributed by atoms with E-state index in [4.69, 9.17) is 9.47 Å². The predicted octanol–water partition coefficient (Wildman–Crippen LogP) is 2.62. The number of hydrogen-bond acceptors (Lipinski definition) is 7. The summed E-state index contributed by atoms with van der Waals surface area (Å²) in [6.45, 7) is 9.66. The summed E-state index contributed by atoms with van der Waals surface area (Å²) in [5, 5.41) is 4.54. The van der Waals surface area contributed by atoms with E-state index < -0.39 is 5.60 Å². The highest BCUT2D eigenvalue weighted by Crippen LogP contribution is 2.27. The van der Waals surface area contributed by atoms with Gasteiger partial charge in [0, 0.05) is 39.0 Å². The fraction of sp³-hybridized carbons (Fsp3) is 0.652. The Morgan fingerprint density at radius 1 is 1.24 bits per heavy atom. The third-order valence-corrected chi connectivity index (χ3v) is 6.14. The maximum Gasteiger partial charge on any atom is 0.410 e. The van der Waals surface area contributed by atoms with Crippen LogP contribution in [0.3, 0.4) is 0 Å². The van der Waals surface area contributed by atoms with Crippen molar-refractivity contribution in [3.8, 4) is 0 Å². The van der Waals surface area contributed by atoms with Crippen LogP contribution in [0, 0.1) is 0 Å². The summed E-state index contributed by atoms with van der Waals surface area (Å²) in [5.74, 6) is 1.05. The summed E-state index contributed by atoms with van der Waals surface area (Å²) < 4.78 is 12.3. The van der Waals surface area contributed by atoms with Gasteiger partial charge in [0.25, 0.3) is 5.56 Å². The summed E-state index contributed by atoms with van der Waals surface area (Å²) in [6.07, 6.45) is 5.23. The van der Waals surface area contributed by atoms with E-state index in [2.05, 4.69) is 21.1 Å². The first-order chi connectivity index (χ1) is 15.7. The number of carbonyl (C=O) groups is 1. The first-order valence-electron chi connectivity index (χ1n) is 11.7. The number of hydrogen-bond donors (Lipinski definition) is 1. The number of rotatable bonds is 4. The Balaban J connectivity index is 1.57. The van der Waals surface area contributed by atoms with Crippen molar-refractivity contribution in [1.29, 1.82) is 0 Å². The summed E-state index contributed by atoms with van der Waals surface area (Å²) in [5.41, 5.74) is 1.76. The molecule has 0 spiro atoms. The quantitative estimate of drug-likeness (QED) is 0.751. The number of nitrogens with zero attached hydrogens (tertiary/aromatic N) is 5. The standard InChI is InChI=1S/C23H34N6O4/c1-6-17-18(27-11-13-28(14-12-27)22(31)33-23(2,3)4)20(30)29-21(24-17)25-19(26-29)15-7-9-16(32-5)10-8-15/h7,16H,6,8-14H2,1-5H3,(H,24,25,26)/t16-/m0/s1. The molecule has 1 atom stereocenters. The molecular weight excluding hydrogens is 424 g/mol. The molecule has 2 aromatic heterocycles. The van der Waals surface area contributed by atoms with Crippen molar-refractivity contribution in [2.24, 2.45) is 0 Å². The maximum atomic E-state index is 13.5. The van der Waals surface area contributed by atoms with Crippen molar-refractivity contribution < 1.29 is 14.3 Å². The first-order valence-corrected chi connectivity index (χ1v) is 11.7. The van der Waals surface area contributed by atoms with Gasteiger partial charge in [0.05, 0.1) is 6.10 Å². The van der Waals surface area contributed by atoms with E-state index in [1.54, 1.807) is 12.0 Å². The van der Waals surface area contributed by atoms with Crippen molar-refractivity contribution in [3.05, 3.63) is 27.9 Å². The molecule has 0 aromatic carbocycles. The zero-order valence-electron chi connectivity index (χ0n) is 20.2. The minimum Gasteiger partial charge on any atom is -0.444 e. The zero-order valence-corrected chi connectivity index (χ0v) is 20.2. The number of aryl methyl sites for hydroxylation is 1. The van der Waals surface area contributed by atoms with Gasteiger partial charge >= 0.3 is 6.09 Å². The van der Waals surface area contributed by atoms with Crippen molar-refractivity contribution in [2.75, 3.05) is 38.2 Å². The third-order valence-electron chi connectivity index (χ3n) is 6.14. The van der Waals surface area contributed by atoms with Crippen molar-refractivity contribution >= 4 is 23.1 Å². The molecule has 1 aliphatic heterocycles. The summed E-state index contributed by atoms with van der Waals surface area (Å²) in [6, 6.07) is 0. The SMILES string of the molecule is CCc1[nH]c2nc(C3=CC[C@H](OC)CC3)nn2c(=O)c1N1CCN(C(=O)OC(C)(C)C)CC1. The van der Waals surface area contributed by atoms with Gasteiger partial charge in [0.2, 0.25) is 5.78 Å². The van der Waals surface area contributed by atoms with Gasteiger partial charge in [-0.25, -0.2) is 4.79 Å². The number of aromatic amines is 1. The van der Waals surface area contributed by atoms with Crippen molar-refractivity contribution in [1.82, 2.24) is 24.5 Å². The van der Waals surface area contributed by atoms with E-state index in [0.29, 0.717) is 49.9 Å². The van der Waals surface area contributed by atoms with Crippen LogP contribution in [0.4, 0.5) is 10.5 Å². The summed E-state index contributed by atoms with van der Waals surface area (Å²) in [4.78, 5) is 37.5. The monoisotopic (exact) mass is 458 g/mol. The Morgan fingerprint density at radius 2 is 1.97 bits per heavy atom. The molecule has 33 heavy (non-hydrogen) atoms. The van der Waals surface area contributed by atoms with E-state index in [9.17, 15) is 9.59 Å². The normalized spacial score (nSPS) is 19.7. The number of H-pyrrole nitrogens is 1. The fourth-order valence-electron chi connectivity index (χ4n) is 4.34. The van der Waals surface area contributed by atoms with Crippen LogP contribution in [-0.2, 0) is 15.9 Å². The van der Waals surface area contributed by atoms with Crippen LogP contribution in [0.5, 0.6) is 0 Å². The number of piperazine rings is 1. The lowest BCUT2D eigenvalue weighted by Gasteiger charge is -2.36. The van der Waals surface area contributed by atoms with Gasteiger partial charge in [-0.1, -0.05) is 13.0 Å². The van der Waals surface area contributed by atoms with Gasteiger partial charge in [-0.3, -0.25) is 4.79 Å². The van der Waals surface area contributed by atoms with Gasteiger partial charge in [0.15, 0.2) is 5.82 Å². The number of aromatic nitrogens is 4. The molecule has 2 aromatic rings. The second-order valence-electron chi connectivity index (χ2n) is 9.60. The number of allylic oxidation sites excluding steroid dienone is 1.